The van der Waals surface area contributed by atoms with E-state index in [0.717, 1.165) is 12.8 Å². The molecule has 122 valence electrons. The lowest BCUT2D eigenvalue weighted by molar-refractivity contribution is -0.168. The molecular formula is C18H32O3. The summed E-state index contributed by atoms with van der Waals surface area (Å²) in [7, 11) is 3.41. The molecule has 0 aromatic heterocycles. The van der Waals surface area contributed by atoms with Crippen molar-refractivity contribution in [1.29, 1.82) is 0 Å². The van der Waals surface area contributed by atoms with Crippen LogP contribution in [0.25, 0.3) is 0 Å². The molecule has 3 nitrogen and oxygen atoms in total. The topological polar surface area (TPSA) is 38.7 Å². The van der Waals surface area contributed by atoms with Gasteiger partial charge in [0, 0.05) is 20.1 Å². The number of hydrogen-bond donors (Lipinski definition) is 1. The Hall–Kier alpha value is -0.640. The van der Waals surface area contributed by atoms with E-state index in [9.17, 15) is 5.11 Å². The summed E-state index contributed by atoms with van der Waals surface area (Å²) in [6.45, 7) is 10.4. The van der Waals surface area contributed by atoms with Gasteiger partial charge in [0.2, 0.25) is 0 Å². The first-order valence-corrected chi connectivity index (χ1v) is 7.97. The second-order valence-corrected chi connectivity index (χ2v) is 6.53. The maximum Gasteiger partial charge on any atom is 0.160 e. The molecule has 0 radical (unpaired) electrons. The Labute approximate surface area is 130 Å². The van der Waals surface area contributed by atoms with Crippen molar-refractivity contribution in [3.63, 3.8) is 0 Å². The van der Waals surface area contributed by atoms with Crippen LogP contribution in [0, 0.1) is 23.7 Å². The Morgan fingerprint density at radius 3 is 2.48 bits per heavy atom. The Kier molecular flexibility index (Phi) is 7.64. The summed E-state index contributed by atoms with van der Waals surface area (Å²) in [6.07, 6.45) is 5.98. The highest BCUT2D eigenvalue weighted by Crippen LogP contribution is 2.43. The molecule has 0 saturated carbocycles. The number of rotatable bonds is 8. The summed E-state index contributed by atoms with van der Waals surface area (Å²) < 4.78 is 11.2. The van der Waals surface area contributed by atoms with Crippen LogP contribution in [0.15, 0.2) is 24.3 Å². The van der Waals surface area contributed by atoms with Crippen molar-refractivity contribution in [2.24, 2.45) is 23.7 Å². The van der Waals surface area contributed by atoms with Gasteiger partial charge in [0.05, 0.1) is 6.10 Å². The van der Waals surface area contributed by atoms with Crippen LogP contribution in [0.2, 0.25) is 0 Å². The van der Waals surface area contributed by atoms with E-state index in [2.05, 4.69) is 33.4 Å². The Morgan fingerprint density at radius 2 is 2.00 bits per heavy atom. The van der Waals surface area contributed by atoms with Crippen molar-refractivity contribution in [2.45, 2.75) is 52.4 Å². The van der Waals surface area contributed by atoms with Gasteiger partial charge in [0.25, 0.3) is 0 Å². The smallest absolute Gasteiger partial charge is 0.160 e. The fourth-order valence-electron chi connectivity index (χ4n) is 3.68. The van der Waals surface area contributed by atoms with Crippen LogP contribution < -0.4 is 0 Å². The minimum absolute atomic E-state index is 0.220. The summed E-state index contributed by atoms with van der Waals surface area (Å²) in [4.78, 5) is 0. The molecule has 0 aliphatic heterocycles. The molecule has 0 heterocycles. The van der Waals surface area contributed by atoms with Crippen LogP contribution in [-0.2, 0) is 9.47 Å². The first kappa shape index (κ1) is 18.4. The summed E-state index contributed by atoms with van der Waals surface area (Å²) >= 11 is 0. The second kappa shape index (κ2) is 8.72. The highest BCUT2D eigenvalue weighted by molar-refractivity contribution is 5.13. The minimum atomic E-state index is -0.348. The zero-order chi connectivity index (χ0) is 16.0. The molecule has 0 spiro atoms. The zero-order valence-electron chi connectivity index (χ0n) is 14.2. The molecule has 1 rings (SSSR count). The number of methoxy groups -OCH3 is 2. The van der Waals surface area contributed by atoms with Crippen LogP contribution in [0.1, 0.15) is 40.0 Å². The highest BCUT2D eigenvalue weighted by Gasteiger charge is 2.41. The van der Waals surface area contributed by atoms with E-state index >= 15 is 0 Å². The second-order valence-electron chi connectivity index (χ2n) is 6.53. The summed E-state index contributed by atoms with van der Waals surface area (Å²) in [5.74, 6) is 1.65. The van der Waals surface area contributed by atoms with Crippen molar-refractivity contribution < 1.29 is 14.6 Å². The van der Waals surface area contributed by atoms with E-state index in [-0.39, 0.29) is 18.3 Å². The SMILES string of the molecule is C=CC[C@@H](O)C[C@H]1C(C)=CC[C@H](C(C)C)[C@@H]1C(OC)OC. The molecule has 0 bridgehead atoms. The first-order chi connectivity index (χ1) is 9.96. The molecule has 0 saturated heterocycles. The quantitative estimate of drug-likeness (QED) is 0.547. The van der Waals surface area contributed by atoms with Crippen molar-refractivity contribution in [3.05, 3.63) is 24.3 Å². The average Bonchev–Trinajstić information content (AvgIpc) is 2.43. The monoisotopic (exact) mass is 296 g/mol. The normalized spacial score (nSPS) is 27.8. The Balaban J connectivity index is 3.03. The minimum Gasteiger partial charge on any atom is -0.393 e. The van der Waals surface area contributed by atoms with Gasteiger partial charge in [-0.3, -0.25) is 0 Å². The average molecular weight is 296 g/mol. The largest absolute Gasteiger partial charge is 0.393 e. The van der Waals surface area contributed by atoms with Crippen molar-refractivity contribution >= 4 is 0 Å². The Morgan fingerprint density at radius 1 is 1.38 bits per heavy atom. The van der Waals surface area contributed by atoms with E-state index in [4.69, 9.17) is 9.47 Å². The number of allylic oxidation sites excluding steroid dienone is 2. The molecular weight excluding hydrogens is 264 g/mol. The molecule has 21 heavy (non-hydrogen) atoms. The third-order valence-corrected chi connectivity index (χ3v) is 4.86. The molecule has 0 aromatic rings. The van der Waals surface area contributed by atoms with E-state index in [0.29, 0.717) is 24.2 Å². The molecule has 1 N–H and O–H groups in total. The molecule has 4 atom stereocenters. The van der Waals surface area contributed by atoms with Gasteiger partial charge in [-0.2, -0.15) is 0 Å². The highest BCUT2D eigenvalue weighted by atomic mass is 16.7. The van der Waals surface area contributed by atoms with Gasteiger partial charge < -0.3 is 14.6 Å². The molecule has 3 heteroatoms. The Bertz CT molecular complexity index is 344. The maximum atomic E-state index is 10.2. The predicted octanol–water partition coefficient (Wildman–Crippen LogP) is 3.79. The van der Waals surface area contributed by atoms with Gasteiger partial charge >= 0.3 is 0 Å². The van der Waals surface area contributed by atoms with Gasteiger partial charge in [-0.1, -0.05) is 31.6 Å². The van der Waals surface area contributed by atoms with E-state index in [1.165, 1.54) is 5.57 Å². The summed E-state index contributed by atoms with van der Waals surface area (Å²) in [5, 5.41) is 10.2. The van der Waals surface area contributed by atoms with Crippen molar-refractivity contribution in [3.8, 4) is 0 Å². The molecule has 0 fully saturated rings. The van der Waals surface area contributed by atoms with E-state index in [1.54, 1.807) is 20.3 Å². The van der Waals surface area contributed by atoms with E-state index in [1.807, 2.05) is 0 Å². The van der Waals surface area contributed by atoms with Crippen LogP contribution in [0.3, 0.4) is 0 Å². The lowest BCUT2D eigenvalue weighted by atomic mass is 9.66. The standard InChI is InChI=1S/C18H32O3/c1-7-8-14(19)11-16-13(4)9-10-15(12(2)3)17(16)18(20-5)21-6/h7,9,12,14-19H,1,8,10-11H2,2-6H3/t14-,15-,16+,17+/m1/s1. The predicted molar refractivity (Wildman–Crippen MR) is 86.9 cm³/mol. The zero-order valence-corrected chi connectivity index (χ0v) is 14.2. The number of ether oxygens (including phenoxy) is 2. The maximum absolute atomic E-state index is 10.2. The molecule has 0 unspecified atom stereocenters. The van der Waals surface area contributed by atoms with Gasteiger partial charge in [0.1, 0.15) is 0 Å². The van der Waals surface area contributed by atoms with Crippen molar-refractivity contribution in [1.82, 2.24) is 0 Å². The fourth-order valence-corrected chi connectivity index (χ4v) is 3.68. The molecule has 0 amide bonds. The lowest BCUT2D eigenvalue weighted by Gasteiger charge is -2.43. The third-order valence-electron chi connectivity index (χ3n) is 4.86. The first-order valence-electron chi connectivity index (χ1n) is 7.97. The number of aliphatic hydroxyl groups excluding tert-OH is 1. The van der Waals surface area contributed by atoms with Crippen LogP contribution in [-0.4, -0.2) is 31.7 Å². The summed E-state index contributed by atoms with van der Waals surface area (Å²) in [5.41, 5.74) is 1.35. The third kappa shape index (κ3) is 4.67. The van der Waals surface area contributed by atoms with Crippen LogP contribution in [0.5, 0.6) is 0 Å². The van der Waals surface area contributed by atoms with Crippen LogP contribution >= 0.6 is 0 Å². The molecule has 1 aliphatic carbocycles. The fraction of sp³-hybridized carbons (Fsp3) is 0.778. The number of hydrogen-bond acceptors (Lipinski definition) is 3. The van der Waals surface area contributed by atoms with Crippen molar-refractivity contribution in [2.75, 3.05) is 14.2 Å². The lowest BCUT2D eigenvalue weighted by Crippen LogP contribution is -2.42. The molecule has 0 aromatic carbocycles. The van der Waals surface area contributed by atoms with Gasteiger partial charge in [-0.05, 0) is 43.9 Å². The van der Waals surface area contributed by atoms with Crippen LogP contribution in [0.4, 0.5) is 0 Å². The molecule has 1 aliphatic rings. The van der Waals surface area contributed by atoms with E-state index < -0.39 is 0 Å². The number of aliphatic hydroxyl groups is 1. The van der Waals surface area contributed by atoms with Gasteiger partial charge in [-0.25, -0.2) is 0 Å². The van der Waals surface area contributed by atoms with Gasteiger partial charge in [-0.15, -0.1) is 6.58 Å². The van der Waals surface area contributed by atoms with Gasteiger partial charge in [0.15, 0.2) is 6.29 Å². The summed E-state index contributed by atoms with van der Waals surface area (Å²) in [6, 6.07) is 0.